The number of anilines is 1. The summed E-state index contributed by atoms with van der Waals surface area (Å²) >= 11 is 0. The van der Waals surface area contributed by atoms with Gasteiger partial charge < -0.3 is 5.32 Å². The van der Waals surface area contributed by atoms with Crippen LogP contribution in [0.5, 0.6) is 0 Å². The molecule has 0 aliphatic heterocycles. The molecule has 2 N–H and O–H groups in total. The standard InChI is InChI=1S/C12H16N2O3S/c1-3-5-12(15)14-10-6-8-11(9-7-10)18(16,17)13-4-2/h3,5-9,13H,4H2,1-2H3,(H,14,15). The largest absolute Gasteiger partial charge is 0.323 e. The Morgan fingerprint density at radius 1 is 1.28 bits per heavy atom. The lowest BCUT2D eigenvalue weighted by atomic mass is 10.3. The molecule has 1 aromatic rings. The smallest absolute Gasteiger partial charge is 0.248 e. The molecule has 1 amide bonds. The first kappa shape index (κ1) is 14.4. The van der Waals surface area contributed by atoms with Crippen molar-refractivity contribution in [2.75, 3.05) is 11.9 Å². The lowest BCUT2D eigenvalue weighted by Crippen LogP contribution is -2.23. The Morgan fingerprint density at radius 2 is 1.89 bits per heavy atom. The molecule has 18 heavy (non-hydrogen) atoms. The minimum Gasteiger partial charge on any atom is -0.323 e. The number of hydrogen-bond donors (Lipinski definition) is 2. The van der Waals surface area contributed by atoms with E-state index in [2.05, 4.69) is 10.0 Å². The van der Waals surface area contributed by atoms with E-state index in [1.807, 2.05) is 0 Å². The SMILES string of the molecule is CC=CC(=O)Nc1ccc(S(=O)(=O)NCC)cc1. The quantitative estimate of drug-likeness (QED) is 0.795. The molecule has 1 rings (SSSR count). The molecule has 0 atom stereocenters. The van der Waals surface area contributed by atoms with Gasteiger partial charge in [-0.25, -0.2) is 13.1 Å². The zero-order chi connectivity index (χ0) is 13.6. The first-order chi connectivity index (χ1) is 8.49. The molecular weight excluding hydrogens is 252 g/mol. The molecule has 0 unspecified atom stereocenters. The molecule has 98 valence electrons. The van der Waals surface area contributed by atoms with Crippen LogP contribution in [-0.2, 0) is 14.8 Å². The Hall–Kier alpha value is -1.66. The van der Waals surface area contributed by atoms with Gasteiger partial charge in [-0.2, -0.15) is 0 Å². The van der Waals surface area contributed by atoms with Gasteiger partial charge in [-0.1, -0.05) is 13.0 Å². The van der Waals surface area contributed by atoms with E-state index in [4.69, 9.17) is 0 Å². The maximum atomic E-state index is 11.7. The predicted octanol–water partition coefficient (Wildman–Crippen LogP) is 1.50. The van der Waals surface area contributed by atoms with Crippen LogP contribution in [0.1, 0.15) is 13.8 Å². The van der Waals surface area contributed by atoms with Crippen molar-refractivity contribution < 1.29 is 13.2 Å². The van der Waals surface area contributed by atoms with Gasteiger partial charge in [-0.05, 0) is 37.3 Å². The molecule has 0 fully saturated rings. The molecule has 1 aromatic carbocycles. The average Bonchev–Trinajstić information content (AvgIpc) is 2.30. The van der Waals surface area contributed by atoms with E-state index in [1.165, 1.54) is 18.2 Å². The van der Waals surface area contributed by atoms with Crippen LogP contribution in [-0.4, -0.2) is 20.9 Å². The highest BCUT2D eigenvalue weighted by atomic mass is 32.2. The van der Waals surface area contributed by atoms with Crippen LogP contribution < -0.4 is 10.0 Å². The highest BCUT2D eigenvalue weighted by Gasteiger charge is 2.11. The van der Waals surface area contributed by atoms with E-state index >= 15 is 0 Å². The van der Waals surface area contributed by atoms with Crippen molar-refractivity contribution >= 4 is 21.6 Å². The number of sulfonamides is 1. The Balaban J connectivity index is 2.84. The monoisotopic (exact) mass is 268 g/mol. The minimum absolute atomic E-state index is 0.174. The molecule has 0 spiro atoms. The minimum atomic E-state index is -3.44. The van der Waals surface area contributed by atoms with E-state index in [0.717, 1.165) is 0 Å². The van der Waals surface area contributed by atoms with Crippen LogP contribution in [0.4, 0.5) is 5.69 Å². The number of rotatable bonds is 5. The molecule has 5 nitrogen and oxygen atoms in total. The van der Waals surface area contributed by atoms with Gasteiger partial charge in [0.25, 0.3) is 0 Å². The summed E-state index contributed by atoms with van der Waals surface area (Å²) < 4.78 is 25.7. The molecule has 6 heteroatoms. The van der Waals surface area contributed by atoms with Crippen molar-refractivity contribution in [3.63, 3.8) is 0 Å². The third-order valence-electron chi connectivity index (χ3n) is 2.08. The van der Waals surface area contributed by atoms with E-state index in [9.17, 15) is 13.2 Å². The Bertz CT molecular complexity index is 533. The number of benzene rings is 1. The number of carbonyl (C=O) groups excluding carboxylic acids is 1. The molecule has 0 saturated carbocycles. The molecular formula is C12H16N2O3S. The van der Waals surface area contributed by atoms with Crippen molar-refractivity contribution in [1.82, 2.24) is 4.72 Å². The summed E-state index contributed by atoms with van der Waals surface area (Å²) in [4.78, 5) is 11.4. The van der Waals surface area contributed by atoms with Crippen LogP contribution in [0.15, 0.2) is 41.3 Å². The van der Waals surface area contributed by atoms with Crippen molar-refractivity contribution in [3.8, 4) is 0 Å². The Morgan fingerprint density at radius 3 is 2.39 bits per heavy atom. The fourth-order valence-electron chi connectivity index (χ4n) is 1.33. The first-order valence-corrected chi connectivity index (χ1v) is 7.01. The maximum absolute atomic E-state index is 11.7. The van der Waals surface area contributed by atoms with Crippen LogP contribution in [0, 0.1) is 0 Å². The van der Waals surface area contributed by atoms with Crippen molar-refractivity contribution in [2.45, 2.75) is 18.7 Å². The summed E-state index contributed by atoms with van der Waals surface area (Å²) in [6.07, 6.45) is 3.02. The van der Waals surface area contributed by atoms with E-state index in [-0.39, 0.29) is 10.8 Å². The normalized spacial score (nSPS) is 11.7. The molecule has 0 saturated heterocycles. The number of allylic oxidation sites excluding steroid dienone is 1. The van der Waals surface area contributed by atoms with Gasteiger partial charge in [-0.15, -0.1) is 0 Å². The number of nitrogens with one attached hydrogen (secondary N) is 2. The fourth-order valence-corrected chi connectivity index (χ4v) is 2.37. The van der Waals surface area contributed by atoms with Crippen LogP contribution in [0.3, 0.4) is 0 Å². The second-order valence-corrected chi connectivity index (χ2v) is 5.28. The van der Waals surface area contributed by atoms with Crippen molar-refractivity contribution in [2.24, 2.45) is 0 Å². The molecule has 0 bridgehead atoms. The summed E-state index contributed by atoms with van der Waals surface area (Å²) in [6, 6.07) is 5.99. The second kappa shape index (κ2) is 6.32. The Labute approximate surface area is 107 Å². The van der Waals surface area contributed by atoms with Gasteiger partial charge in [0.15, 0.2) is 0 Å². The van der Waals surface area contributed by atoms with Gasteiger partial charge in [-0.3, -0.25) is 4.79 Å². The molecule has 0 aromatic heterocycles. The molecule has 0 heterocycles. The van der Waals surface area contributed by atoms with Crippen LogP contribution in [0.25, 0.3) is 0 Å². The summed E-state index contributed by atoms with van der Waals surface area (Å²) in [5, 5.41) is 2.61. The number of carbonyl (C=O) groups is 1. The van der Waals surface area contributed by atoms with E-state index in [0.29, 0.717) is 12.2 Å². The van der Waals surface area contributed by atoms with Gasteiger partial charge in [0, 0.05) is 12.2 Å². The van der Waals surface area contributed by atoms with Gasteiger partial charge in [0.1, 0.15) is 0 Å². The zero-order valence-corrected chi connectivity index (χ0v) is 11.1. The molecule has 0 radical (unpaired) electrons. The third-order valence-corrected chi connectivity index (χ3v) is 3.65. The van der Waals surface area contributed by atoms with Gasteiger partial charge in [0.05, 0.1) is 4.90 Å². The topological polar surface area (TPSA) is 75.3 Å². The number of hydrogen-bond acceptors (Lipinski definition) is 3. The Kier molecular flexibility index (Phi) is 5.06. The first-order valence-electron chi connectivity index (χ1n) is 5.53. The van der Waals surface area contributed by atoms with E-state index in [1.54, 1.807) is 32.1 Å². The van der Waals surface area contributed by atoms with Gasteiger partial charge in [0.2, 0.25) is 15.9 Å². The molecule has 0 aliphatic carbocycles. The van der Waals surface area contributed by atoms with Crippen LogP contribution >= 0.6 is 0 Å². The average molecular weight is 268 g/mol. The summed E-state index contributed by atoms with van der Waals surface area (Å²) in [6.45, 7) is 3.79. The summed E-state index contributed by atoms with van der Waals surface area (Å²) in [7, 11) is -3.44. The lowest BCUT2D eigenvalue weighted by molar-refractivity contribution is -0.111. The molecule has 0 aliphatic rings. The summed E-state index contributed by atoms with van der Waals surface area (Å²) in [5.74, 6) is -0.250. The second-order valence-electron chi connectivity index (χ2n) is 3.51. The maximum Gasteiger partial charge on any atom is 0.248 e. The zero-order valence-electron chi connectivity index (χ0n) is 10.3. The van der Waals surface area contributed by atoms with E-state index < -0.39 is 10.0 Å². The van der Waals surface area contributed by atoms with Crippen molar-refractivity contribution in [1.29, 1.82) is 0 Å². The predicted molar refractivity (Wildman–Crippen MR) is 70.7 cm³/mol. The van der Waals surface area contributed by atoms with Gasteiger partial charge >= 0.3 is 0 Å². The van der Waals surface area contributed by atoms with Crippen LogP contribution in [0.2, 0.25) is 0 Å². The fraction of sp³-hybridized carbons (Fsp3) is 0.250. The third kappa shape index (κ3) is 3.97. The highest BCUT2D eigenvalue weighted by molar-refractivity contribution is 7.89. The number of amides is 1. The summed E-state index contributed by atoms with van der Waals surface area (Å²) in [5.41, 5.74) is 0.550. The lowest BCUT2D eigenvalue weighted by Gasteiger charge is -2.06. The van der Waals surface area contributed by atoms with Crippen molar-refractivity contribution in [3.05, 3.63) is 36.4 Å². The highest BCUT2D eigenvalue weighted by Crippen LogP contribution is 2.13.